The second kappa shape index (κ2) is 20.6. The molecule has 10 nitrogen and oxygen atoms in total. The number of benzene rings is 6. The Bertz CT molecular complexity index is 2790. The molecule has 1 atom stereocenters. The molecular weight excluding hydrogens is 781 g/mol. The van der Waals surface area contributed by atoms with Crippen molar-refractivity contribution in [2.24, 2.45) is 0 Å². The van der Waals surface area contributed by atoms with Gasteiger partial charge in [-0.25, -0.2) is 0 Å². The van der Waals surface area contributed by atoms with E-state index in [2.05, 4.69) is 12.1 Å². The van der Waals surface area contributed by atoms with Crippen LogP contribution in [0.2, 0.25) is 0 Å². The van der Waals surface area contributed by atoms with Crippen LogP contribution in [0.15, 0.2) is 164 Å². The molecule has 10 heteroatoms. The van der Waals surface area contributed by atoms with Crippen molar-refractivity contribution in [3.05, 3.63) is 209 Å². The number of hydrogen-bond acceptors (Lipinski definition) is 6. The summed E-state index contributed by atoms with van der Waals surface area (Å²) in [6.45, 7) is 6.02. The molecule has 3 N–H and O–H groups in total. The van der Waals surface area contributed by atoms with Gasteiger partial charge in [0.15, 0.2) is 0 Å². The minimum Gasteiger partial charge on any atom is -0.493 e. The number of carboxylic acids is 2. The number of fused-ring (bicyclic) bond motifs is 2. The fourth-order valence-corrected chi connectivity index (χ4v) is 7.22. The highest BCUT2D eigenvalue weighted by molar-refractivity contribution is 6.05. The molecule has 0 saturated carbocycles. The maximum absolute atomic E-state index is 13.2. The van der Waals surface area contributed by atoms with E-state index in [0.29, 0.717) is 40.1 Å². The van der Waals surface area contributed by atoms with Crippen molar-refractivity contribution in [3.8, 4) is 5.75 Å². The number of carbonyl (C=O) groups is 4. The Hall–Kier alpha value is -7.56. The van der Waals surface area contributed by atoms with Crippen molar-refractivity contribution in [3.63, 3.8) is 0 Å². The van der Waals surface area contributed by atoms with E-state index in [1.54, 1.807) is 76.7 Å². The van der Waals surface area contributed by atoms with E-state index < -0.39 is 11.9 Å². The fraction of sp³-hybridized carbons (Fsp3) is 0.154. The van der Waals surface area contributed by atoms with E-state index in [1.165, 1.54) is 5.56 Å². The first kappa shape index (κ1) is 44.0. The maximum Gasteiger partial charge on any atom is 0.307 e. The highest BCUT2D eigenvalue weighted by atomic mass is 16.5. The smallest absolute Gasteiger partial charge is 0.307 e. The molecule has 0 radical (unpaired) electrons. The van der Waals surface area contributed by atoms with Crippen LogP contribution in [0.3, 0.4) is 0 Å². The minimum absolute atomic E-state index is 0.0552. The molecule has 1 unspecified atom stereocenters. The molecule has 0 fully saturated rings. The van der Waals surface area contributed by atoms with Gasteiger partial charge >= 0.3 is 11.9 Å². The van der Waals surface area contributed by atoms with Gasteiger partial charge in [0.1, 0.15) is 5.75 Å². The van der Waals surface area contributed by atoms with Crippen molar-refractivity contribution in [2.75, 3.05) is 6.61 Å². The van der Waals surface area contributed by atoms with Gasteiger partial charge in [-0.2, -0.15) is 0 Å². The zero-order valence-corrected chi connectivity index (χ0v) is 34.8. The second-order valence-corrected chi connectivity index (χ2v) is 14.8. The summed E-state index contributed by atoms with van der Waals surface area (Å²) in [6, 6.07) is 50.5. The quantitative estimate of drug-likeness (QED) is 0.117. The highest BCUT2D eigenvalue weighted by Crippen LogP contribution is 2.27. The second-order valence-electron chi connectivity index (χ2n) is 14.8. The molecular formula is C52H48N2O8. The number of nitrogens with zero attached hydrogens (tertiary/aromatic N) is 2. The number of aromatic nitrogens is 2. The van der Waals surface area contributed by atoms with Gasteiger partial charge in [-0.05, 0) is 104 Å². The average molecular weight is 829 g/mol. The number of hydrogen-bond donors (Lipinski definition) is 3. The largest absolute Gasteiger partial charge is 0.493 e. The first-order chi connectivity index (χ1) is 29.9. The molecule has 0 aliphatic heterocycles. The van der Waals surface area contributed by atoms with E-state index >= 15 is 0 Å². The summed E-state index contributed by atoms with van der Waals surface area (Å²) in [7, 11) is 0. The van der Waals surface area contributed by atoms with Gasteiger partial charge in [0.05, 0.1) is 36.6 Å². The number of aliphatic carboxylic acids is 2. The Morgan fingerprint density at radius 1 is 0.548 bits per heavy atom. The third-order valence-corrected chi connectivity index (χ3v) is 10.2. The predicted molar refractivity (Wildman–Crippen MR) is 241 cm³/mol. The first-order valence-electron chi connectivity index (χ1n) is 20.2. The van der Waals surface area contributed by atoms with Gasteiger partial charge in [-0.1, -0.05) is 103 Å². The molecule has 0 aliphatic carbocycles. The third kappa shape index (κ3) is 11.0. The van der Waals surface area contributed by atoms with Gasteiger partial charge in [0.25, 0.3) is 11.8 Å². The third-order valence-electron chi connectivity index (χ3n) is 10.2. The Balaban J connectivity index is 0.000000179. The van der Waals surface area contributed by atoms with Crippen LogP contribution in [0.1, 0.15) is 67.4 Å². The number of carboxylic acid groups (broad SMARTS) is 2. The summed E-state index contributed by atoms with van der Waals surface area (Å²) in [5.74, 6) is -1.33. The molecule has 2 heterocycles. The molecule has 0 bridgehead atoms. The number of carbonyl (C=O) groups excluding carboxylic acids is 2. The number of ether oxygens (including phenoxy) is 1. The maximum atomic E-state index is 13.2. The van der Waals surface area contributed by atoms with Gasteiger partial charge in [0, 0.05) is 39.7 Å². The summed E-state index contributed by atoms with van der Waals surface area (Å²) in [5, 5.41) is 28.8. The van der Waals surface area contributed by atoms with Gasteiger partial charge in [-0.15, -0.1) is 0 Å². The minimum atomic E-state index is -0.896. The van der Waals surface area contributed by atoms with Crippen molar-refractivity contribution in [2.45, 2.75) is 46.1 Å². The predicted octanol–water partition coefficient (Wildman–Crippen LogP) is 9.89. The summed E-state index contributed by atoms with van der Waals surface area (Å²) >= 11 is 0. The Kier molecular flexibility index (Phi) is 14.6. The van der Waals surface area contributed by atoms with E-state index in [4.69, 9.17) is 20.1 Å². The van der Waals surface area contributed by atoms with E-state index in [9.17, 15) is 19.2 Å². The van der Waals surface area contributed by atoms with Crippen LogP contribution in [0.5, 0.6) is 5.75 Å². The lowest BCUT2D eigenvalue weighted by Crippen LogP contribution is -2.13. The van der Waals surface area contributed by atoms with Gasteiger partial charge in [-0.3, -0.25) is 28.3 Å². The molecule has 2 aromatic heterocycles. The SMILES string of the molecule is CC(O)c1ccccc1.Cc1cc2c(CC(=O)O)cccc2n1C(=O)c1ccc(OCCc2ccccc2)cc1.Cc1cc2c(CC(=O)O)cccc2n1C(=O)c1ccccc1. The molecule has 62 heavy (non-hydrogen) atoms. The number of aliphatic hydroxyl groups excluding tert-OH is 1. The molecule has 0 amide bonds. The molecule has 8 rings (SSSR count). The molecule has 8 aromatic rings. The standard InChI is InChI=1S/C26H23NO4.C18H15NO3.C8H10O/c1-18-16-23-21(17-25(28)29)8-5-9-24(23)27(18)26(30)20-10-12-22(13-11-20)31-15-14-19-6-3-2-4-7-19;1-12-10-15-14(11-17(20)21)8-5-9-16(15)19(12)18(22)13-6-3-2-4-7-13;1-7(9)8-5-3-2-4-6-8/h2-13,16H,14-15,17H2,1H3,(H,28,29);2-10H,11H2,1H3,(H,20,21);2-7,9H,1H3. The van der Waals surface area contributed by atoms with Crippen molar-refractivity contribution >= 4 is 45.6 Å². The fourth-order valence-electron chi connectivity index (χ4n) is 7.22. The van der Waals surface area contributed by atoms with Crippen LogP contribution in [0.4, 0.5) is 0 Å². The lowest BCUT2D eigenvalue weighted by Gasteiger charge is -2.10. The van der Waals surface area contributed by atoms with Crippen molar-refractivity contribution < 1.29 is 39.2 Å². The van der Waals surface area contributed by atoms with E-state index in [0.717, 1.165) is 39.7 Å². The topological polar surface area (TPSA) is 148 Å². The Labute approximate surface area is 359 Å². The lowest BCUT2D eigenvalue weighted by atomic mass is 10.1. The molecule has 0 spiro atoms. The monoisotopic (exact) mass is 828 g/mol. The molecule has 314 valence electrons. The van der Waals surface area contributed by atoms with Crippen LogP contribution in [0.25, 0.3) is 21.8 Å². The molecule has 0 aliphatic rings. The van der Waals surface area contributed by atoms with Crippen LogP contribution in [-0.2, 0) is 28.9 Å². The summed E-state index contributed by atoms with van der Waals surface area (Å²) in [4.78, 5) is 48.1. The number of aryl methyl sites for hydroxylation is 2. The zero-order valence-electron chi connectivity index (χ0n) is 34.8. The molecule has 0 saturated heterocycles. The number of rotatable bonds is 11. The van der Waals surface area contributed by atoms with Crippen LogP contribution in [0, 0.1) is 13.8 Å². The van der Waals surface area contributed by atoms with Gasteiger partial charge < -0.3 is 20.1 Å². The Morgan fingerprint density at radius 3 is 1.42 bits per heavy atom. The van der Waals surface area contributed by atoms with Gasteiger partial charge in [0.2, 0.25) is 0 Å². The first-order valence-corrected chi connectivity index (χ1v) is 20.2. The average Bonchev–Trinajstić information content (AvgIpc) is 3.80. The van der Waals surface area contributed by atoms with E-state index in [1.807, 2.05) is 105 Å². The summed E-state index contributed by atoms with van der Waals surface area (Å²) < 4.78 is 9.07. The number of aliphatic hydroxyl groups is 1. The summed E-state index contributed by atoms with van der Waals surface area (Å²) in [6.07, 6.45) is 0.338. The summed E-state index contributed by atoms with van der Waals surface area (Å²) in [5.41, 5.74) is 7.75. The van der Waals surface area contributed by atoms with Crippen molar-refractivity contribution in [1.29, 1.82) is 0 Å². The van der Waals surface area contributed by atoms with E-state index in [-0.39, 0.29) is 30.8 Å². The lowest BCUT2D eigenvalue weighted by molar-refractivity contribution is -0.137. The normalized spacial score (nSPS) is 11.2. The highest BCUT2D eigenvalue weighted by Gasteiger charge is 2.19. The van der Waals surface area contributed by atoms with Crippen molar-refractivity contribution in [1.82, 2.24) is 9.13 Å². The van der Waals surface area contributed by atoms with Crippen LogP contribution in [-0.4, -0.2) is 54.8 Å². The van der Waals surface area contributed by atoms with Crippen LogP contribution < -0.4 is 4.74 Å². The Morgan fingerprint density at radius 2 is 0.984 bits per heavy atom. The molecule has 6 aromatic carbocycles. The van der Waals surface area contributed by atoms with Crippen LogP contribution >= 0.6 is 0 Å². The zero-order chi connectivity index (χ0) is 44.2.